The van der Waals surface area contributed by atoms with E-state index in [1.807, 2.05) is 26.0 Å². The maximum atomic E-state index is 12.3. The molecular formula is C15H18N2O2S. The van der Waals surface area contributed by atoms with Gasteiger partial charge in [0.1, 0.15) is 0 Å². The predicted octanol–water partition coefficient (Wildman–Crippen LogP) is 2.56. The van der Waals surface area contributed by atoms with Gasteiger partial charge >= 0.3 is 0 Å². The van der Waals surface area contributed by atoms with E-state index in [0.29, 0.717) is 12.2 Å². The average molecular weight is 290 g/mol. The van der Waals surface area contributed by atoms with Gasteiger partial charge in [0.25, 0.3) is 10.0 Å². The molecule has 0 saturated carbocycles. The highest BCUT2D eigenvalue weighted by molar-refractivity contribution is 7.92. The molecule has 106 valence electrons. The minimum atomic E-state index is -3.58. The Morgan fingerprint density at radius 1 is 1.05 bits per heavy atom. The molecule has 0 unspecified atom stereocenters. The highest BCUT2D eigenvalue weighted by Crippen LogP contribution is 2.19. The zero-order valence-corrected chi connectivity index (χ0v) is 12.4. The molecule has 4 nitrogen and oxygen atoms in total. The van der Waals surface area contributed by atoms with Crippen molar-refractivity contribution >= 4 is 15.7 Å². The number of aryl methyl sites for hydroxylation is 2. The summed E-state index contributed by atoms with van der Waals surface area (Å²) >= 11 is 0. The van der Waals surface area contributed by atoms with Crippen LogP contribution in [0.4, 0.5) is 5.69 Å². The molecule has 0 aliphatic carbocycles. The Balaban J connectivity index is 2.33. The topological polar surface area (TPSA) is 72.2 Å². The van der Waals surface area contributed by atoms with Gasteiger partial charge in [-0.2, -0.15) is 0 Å². The summed E-state index contributed by atoms with van der Waals surface area (Å²) < 4.78 is 27.2. The molecule has 3 N–H and O–H groups in total. The summed E-state index contributed by atoms with van der Waals surface area (Å²) in [5, 5.41) is 0. The average Bonchev–Trinajstić information content (AvgIpc) is 2.41. The zero-order valence-electron chi connectivity index (χ0n) is 11.6. The van der Waals surface area contributed by atoms with Crippen LogP contribution in [0.5, 0.6) is 0 Å². The largest absolute Gasteiger partial charge is 0.326 e. The first kappa shape index (κ1) is 14.6. The summed E-state index contributed by atoms with van der Waals surface area (Å²) in [7, 11) is -3.58. The second-order valence-corrected chi connectivity index (χ2v) is 6.45. The van der Waals surface area contributed by atoms with Crippen molar-refractivity contribution in [3.05, 3.63) is 59.2 Å². The second-order valence-electron chi connectivity index (χ2n) is 4.76. The van der Waals surface area contributed by atoms with Crippen LogP contribution >= 0.6 is 0 Å². The van der Waals surface area contributed by atoms with Gasteiger partial charge in [-0.3, -0.25) is 4.72 Å². The Morgan fingerprint density at radius 3 is 2.30 bits per heavy atom. The molecule has 0 fully saturated rings. The van der Waals surface area contributed by atoms with E-state index in [-0.39, 0.29) is 4.90 Å². The fourth-order valence-electron chi connectivity index (χ4n) is 1.87. The second kappa shape index (κ2) is 5.64. The van der Waals surface area contributed by atoms with E-state index < -0.39 is 10.0 Å². The van der Waals surface area contributed by atoms with Crippen LogP contribution in [0.15, 0.2) is 47.4 Å². The van der Waals surface area contributed by atoms with Crippen LogP contribution in [-0.4, -0.2) is 8.42 Å². The van der Waals surface area contributed by atoms with E-state index in [0.717, 1.165) is 16.7 Å². The van der Waals surface area contributed by atoms with Gasteiger partial charge in [0.15, 0.2) is 0 Å². The number of nitrogens with two attached hydrogens (primary N) is 1. The summed E-state index contributed by atoms with van der Waals surface area (Å²) in [4.78, 5) is 0.226. The number of sulfonamides is 1. The van der Waals surface area contributed by atoms with Crippen LogP contribution in [0.25, 0.3) is 0 Å². The van der Waals surface area contributed by atoms with E-state index in [4.69, 9.17) is 5.73 Å². The van der Waals surface area contributed by atoms with E-state index in [1.54, 1.807) is 30.3 Å². The molecule has 5 heteroatoms. The first-order valence-corrected chi connectivity index (χ1v) is 7.80. The maximum Gasteiger partial charge on any atom is 0.261 e. The van der Waals surface area contributed by atoms with Crippen molar-refractivity contribution in [2.24, 2.45) is 5.73 Å². The lowest BCUT2D eigenvalue weighted by Crippen LogP contribution is -2.14. The highest BCUT2D eigenvalue weighted by atomic mass is 32.2. The van der Waals surface area contributed by atoms with Crippen molar-refractivity contribution < 1.29 is 8.42 Å². The third-order valence-corrected chi connectivity index (χ3v) is 4.53. The number of hydrogen-bond donors (Lipinski definition) is 2. The molecule has 0 saturated heterocycles. The summed E-state index contributed by atoms with van der Waals surface area (Å²) in [5.41, 5.74) is 9.06. The molecule has 2 aromatic rings. The SMILES string of the molecule is Cc1ccc(NS(=O)(=O)c2ccc(C)c(CN)c2)cc1. The third-order valence-electron chi connectivity index (χ3n) is 3.15. The zero-order chi connectivity index (χ0) is 14.8. The third kappa shape index (κ3) is 3.18. The van der Waals surface area contributed by atoms with E-state index in [9.17, 15) is 8.42 Å². The summed E-state index contributed by atoms with van der Waals surface area (Å²) in [5.74, 6) is 0. The monoisotopic (exact) mass is 290 g/mol. The van der Waals surface area contributed by atoms with Gasteiger partial charge in [0.2, 0.25) is 0 Å². The highest BCUT2D eigenvalue weighted by Gasteiger charge is 2.15. The van der Waals surface area contributed by atoms with Crippen molar-refractivity contribution in [3.8, 4) is 0 Å². The molecule has 2 aromatic carbocycles. The minimum absolute atomic E-state index is 0.226. The normalized spacial score (nSPS) is 11.3. The van der Waals surface area contributed by atoms with Gasteiger partial charge in [-0.25, -0.2) is 8.42 Å². The van der Waals surface area contributed by atoms with Crippen molar-refractivity contribution in [1.82, 2.24) is 0 Å². The number of nitrogens with one attached hydrogen (secondary N) is 1. The van der Waals surface area contributed by atoms with Gasteiger partial charge in [0.05, 0.1) is 4.90 Å². The number of benzene rings is 2. The van der Waals surface area contributed by atoms with Gasteiger partial charge in [-0.15, -0.1) is 0 Å². The molecule has 0 spiro atoms. The Morgan fingerprint density at radius 2 is 1.70 bits per heavy atom. The van der Waals surface area contributed by atoms with Crippen LogP contribution in [-0.2, 0) is 16.6 Å². The molecule has 0 bridgehead atoms. The Bertz CT molecular complexity index is 707. The van der Waals surface area contributed by atoms with Gasteiger partial charge in [0, 0.05) is 12.2 Å². The fourth-order valence-corrected chi connectivity index (χ4v) is 2.98. The number of anilines is 1. The number of rotatable bonds is 4. The van der Waals surface area contributed by atoms with Crippen molar-refractivity contribution in [1.29, 1.82) is 0 Å². The Kier molecular flexibility index (Phi) is 4.11. The molecule has 0 aliphatic rings. The molecule has 2 rings (SSSR count). The molecule has 0 radical (unpaired) electrons. The van der Waals surface area contributed by atoms with Gasteiger partial charge in [-0.1, -0.05) is 23.8 Å². The molecule has 0 aliphatic heterocycles. The first-order chi connectivity index (χ1) is 9.42. The molecule has 0 heterocycles. The van der Waals surface area contributed by atoms with E-state index >= 15 is 0 Å². The van der Waals surface area contributed by atoms with Gasteiger partial charge < -0.3 is 5.73 Å². The maximum absolute atomic E-state index is 12.3. The molecular weight excluding hydrogens is 272 g/mol. The Labute approximate surface area is 119 Å². The lowest BCUT2D eigenvalue weighted by atomic mass is 10.1. The van der Waals surface area contributed by atoms with E-state index in [1.165, 1.54) is 0 Å². The lowest BCUT2D eigenvalue weighted by Gasteiger charge is -2.10. The minimum Gasteiger partial charge on any atom is -0.326 e. The van der Waals surface area contributed by atoms with Crippen molar-refractivity contribution in [2.75, 3.05) is 4.72 Å². The molecule has 0 atom stereocenters. The predicted molar refractivity (Wildman–Crippen MR) is 81.1 cm³/mol. The van der Waals surface area contributed by atoms with Crippen LogP contribution in [0.2, 0.25) is 0 Å². The quantitative estimate of drug-likeness (QED) is 0.909. The first-order valence-electron chi connectivity index (χ1n) is 6.31. The summed E-state index contributed by atoms with van der Waals surface area (Å²) in [6.45, 7) is 4.18. The smallest absolute Gasteiger partial charge is 0.261 e. The molecule has 0 amide bonds. The molecule has 20 heavy (non-hydrogen) atoms. The van der Waals surface area contributed by atoms with Crippen LogP contribution in [0, 0.1) is 13.8 Å². The van der Waals surface area contributed by atoms with Crippen LogP contribution in [0.1, 0.15) is 16.7 Å². The lowest BCUT2D eigenvalue weighted by molar-refractivity contribution is 0.601. The molecule has 0 aromatic heterocycles. The van der Waals surface area contributed by atoms with E-state index in [2.05, 4.69) is 4.72 Å². The van der Waals surface area contributed by atoms with Crippen LogP contribution in [0.3, 0.4) is 0 Å². The van der Waals surface area contributed by atoms with Crippen LogP contribution < -0.4 is 10.5 Å². The van der Waals surface area contributed by atoms with Crippen molar-refractivity contribution in [2.45, 2.75) is 25.3 Å². The summed E-state index contributed by atoms with van der Waals surface area (Å²) in [6.07, 6.45) is 0. The summed E-state index contributed by atoms with van der Waals surface area (Å²) in [6, 6.07) is 12.2. The number of hydrogen-bond acceptors (Lipinski definition) is 3. The Hall–Kier alpha value is -1.85. The fraction of sp³-hybridized carbons (Fsp3) is 0.200. The van der Waals surface area contributed by atoms with Gasteiger partial charge in [-0.05, 0) is 49.2 Å². The van der Waals surface area contributed by atoms with Crippen molar-refractivity contribution in [3.63, 3.8) is 0 Å². The standard InChI is InChI=1S/C15H18N2O2S/c1-11-3-6-14(7-4-11)17-20(18,19)15-8-5-12(2)13(9-15)10-16/h3-9,17H,10,16H2,1-2H3.